The van der Waals surface area contributed by atoms with Crippen LogP contribution in [-0.2, 0) is 15.1 Å². The normalized spacial score (nSPS) is 15.2. The van der Waals surface area contributed by atoms with Crippen LogP contribution in [0.4, 0.5) is 0 Å². The second-order valence-electron chi connectivity index (χ2n) is 2.86. The quantitative estimate of drug-likeness (QED) is 0.671. The molecular weight excluding hydrogens is 224 g/mol. The molecule has 0 unspecified atom stereocenters. The Morgan fingerprint density at radius 1 is 1.40 bits per heavy atom. The third kappa shape index (κ3) is 11.1. The lowest BCUT2D eigenvalue weighted by Crippen LogP contribution is -2.24. The molecule has 0 saturated heterocycles. The number of ether oxygens (including phenoxy) is 1. The average Bonchev–Trinajstić information content (AvgIpc) is 2.45. The maximum Gasteiger partial charge on any atom is 0.394 e. The summed E-state index contributed by atoms with van der Waals surface area (Å²) in [5, 5.41) is 0. The lowest BCUT2D eigenvalue weighted by atomic mass is 10.8. The fourth-order valence-electron chi connectivity index (χ4n) is 0.881. The smallest absolute Gasteiger partial charge is 0.362 e. The van der Waals surface area contributed by atoms with Gasteiger partial charge in [0.15, 0.2) is 0 Å². The van der Waals surface area contributed by atoms with Crippen molar-refractivity contribution < 1.29 is 22.3 Å². The van der Waals surface area contributed by atoms with Crippen molar-refractivity contribution in [1.82, 2.24) is 9.80 Å². The van der Waals surface area contributed by atoms with Crippen molar-refractivity contribution in [2.45, 2.75) is 6.92 Å². The molecule has 1 heterocycles. The van der Waals surface area contributed by atoms with E-state index in [0.717, 1.165) is 13.3 Å². The van der Waals surface area contributed by atoms with Gasteiger partial charge >= 0.3 is 10.4 Å². The molecule has 0 radical (unpaired) electrons. The summed E-state index contributed by atoms with van der Waals surface area (Å²) < 4.78 is 36.8. The highest BCUT2D eigenvalue weighted by Gasteiger charge is 2.06. The minimum atomic E-state index is -4.67. The molecule has 7 nitrogen and oxygen atoms in total. The first-order chi connectivity index (χ1) is 6.83. The Balaban J connectivity index is 0.000000336. The number of nitrogens with zero attached hydrogens (tertiary/aromatic N) is 2. The lowest BCUT2D eigenvalue weighted by molar-refractivity contribution is 0.0549. The van der Waals surface area contributed by atoms with Gasteiger partial charge in [0.25, 0.3) is 0 Å². The van der Waals surface area contributed by atoms with Gasteiger partial charge in [0.1, 0.15) is 6.73 Å². The zero-order chi connectivity index (χ0) is 11.9. The zero-order valence-corrected chi connectivity index (χ0v) is 9.51. The molecule has 90 valence electrons. The Morgan fingerprint density at radius 2 is 1.93 bits per heavy atom. The third-order valence-electron chi connectivity index (χ3n) is 1.40. The molecule has 8 heteroatoms. The molecule has 0 amide bonds. The van der Waals surface area contributed by atoms with E-state index in [9.17, 15) is 0 Å². The van der Waals surface area contributed by atoms with E-state index in [4.69, 9.17) is 22.3 Å². The standard InChI is InChI=1S/C7H14N2O.H2O4S/c1-3-10-7-9-5-4-8(2)6-9;1-5(2,3)4/h4-5H,3,6-7H2,1-2H3;(H2,1,2,3,4). The van der Waals surface area contributed by atoms with E-state index in [2.05, 4.69) is 9.80 Å². The molecule has 1 aliphatic rings. The van der Waals surface area contributed by atoms with Gasteiger partial charge in [0.2, 0.25) is 0 Å². The van der Waals surface area contributed by atoms with Crippen LogP contribution in [0.2, 0.25) is 0 Å². The van der Waals surface area contributed by atoms with Crippen LogP contribution in [0.15, 0.2) is 12.4 Å². The Bertz CT molecular complexity index is 282. The van der Waals surface area contributed by atoms with Gasteiger partial charge < -0.3 is 14.5 Å². The summed E-state index contributed by atoms with van der Waals surface area (Å²) in [5.41, 5.74) is 0. The van der Waals surface area contributed by atoms with Gasteiger partial charge in [-0.25, -0.2) is 0 Å². The maximum atomic E-state index is 8.74. The average molecular weight is 240 g/mol. The molecule has 0 aliphatic carbocycles. The van der Waals surface area contributed by atoms with Crippen molar-refractivity contribution in [3.63, 3.8) is 0 Å². The van der Waals surface area contributed by atoms with E-state index in [-0.39, 0.29) is 0 Å². The van der Waals surface area contributed by atoms with Gasteiger partial charge in [-0.15, -0.1) is 0 Å². The maximum absolute atomic E-state index is 8.74. The topological polar surface area (TPSA) is 90.3 Å². The van der Waals surface area contributed by atoms with Crippen molar-refractivity contribution in [2.24, 2.45) is 0 Å². The molecule has 0 saturated carbocycles. The van der Waals surface area contributed by atoms with Crippen molar-refractivity contribution in [1.29, 1.82) is 0 Å². The van der Waals surface area contributed by atoms with E-state index in [1.54, 1.807) is 0 Å². The first-order valence-corrected chi connectivity index (χ1v) is 5.63. The fourth-order valence-corrected chi connectivity index (χ4v) is 0.881. The molecule has 1 aliphatic heterocycles. The van der Waals surface area contributed by atoms with Crippen molar-refractivity contribution in [3.05, 3.63) is 12.4 Å². The molecule has 0 fully saturated rings. The summed E-state index contributed by atoms with van der Waals surface area (Å²) >= 11 is 0. The Labute approximate surface area is 89.5 Å². The lowest BCUT2D eigenvalue weighted by Gasteiger charge is -2.17. The zero-order valence-electron chi connectivity index (χ0n) is 8.70. The third-order valence-corrected chi connectivity index (χ3v) is 1.40. The SMILES string of the molecule is CCOCN1C=CN(C)C1.O=S(=O)(O)O. The summed E-state index contributed by atoms with van der Waals surface area (Å²) in [7, 11) is -2.62. The predicted octanol–water partition coefficient (Wildman–Crippen LogP) is 0.00370. The minimum Gasteiger partial charge on any atom is -0.362 e. The summed E-state index contributed by atoms with van der Waals surface area (Å²) in [4.78, 5) is 4.22. The molecule has 0 spiro atoms. The first-order valence-electron chi connectivity index (χ1n) is 4.23. The molecule has 15 heavy (non-hydrogen) atoms. The van der Waals surface area contributed by atoms with Crippen LogP contribution in [0.3, 0.4) is 0 Å². The van der Waals surface area contributed by atoms with E-state index < -0.39 is 10.4 Å². The highest BCUT2D eigenvalue weighted by atomic mass is 32.3. The van der Waals surface area contributed by atoms with Crippen LogP contribution < -0.4 is 0 Å². The van der Waals surface area contributed by atoms with Crippen LogP contribution in [-0.4, -0.2) is 54.4 Å². The van der Waals surface area contributed by atoms with Crippen LogP contribution in [0.25, 0.3) is 0 Å². The van der Waals surface area contributed by atoms with Gasteiger partial charge in [-0.1, -0.05) is 0 Å². The summed E-state index contributed by atoms with van der Waals surface area (Å²) in [6, 6.07) is 0. The summed E-state index contributed by atoms with van der Waals surface area (Å²) in [6.07, 6.45) is 4.08. The predicted molar refractivity (Wildman–Crippen MR) is 54.3 cm³/mol. The van der Waals surface area contributed by atoms with E-state index in [0.29, 0.717) is 6.73 Å². The minimum absolute atomic E-state index is 0.706. The van der Waals surface area contributed by atoms with Gasteiger partial charge in [0.05, 0.1) is 6.67 Å². The van der Waals surface area contributed by atoms with Gasteiger partial charge in [-0.05, 0) is 6.92 Å². The molecule has 0 bridgehead atoms. The summed E-state index contributed by atoms with van der Waals surface area (Å²) in [5.74, 6) is 0. The Morgan fingerprint density at radius 3 is 2.27 bits per heavy atom. The van der Waals surface area contributed by atoms with E-state index in [1.165, 1.54) is 0 Å². The number of hydrogen-bond acceptors (Lipinski definition) is 5. The largest absolute Gasteiger partial charge is 0.394 e. The molecule has 0 aromatic carbocycles. The van der Waals surface area contributed by atoms with Crippen molar-refractivity contribution >= 4 is 10.4 Å². The second-order valence-corrected chi connectivity index (χ2v) is 3.75. The van der Waals surface area contributed by atoms with E-state index >= 15 is 0 Å². The molecular formula is C7H16N2O5S. The monoisotopic (exact) mass is 240 g/mol. The van der Waals surface area contributed by atoms with Gasteiger partial charge in [-0.2, -0.15) is 8.42 Å². The van der Waals surface area contributed by atoms with Crippen molar-refractivity contribution in [3.8, 4) is 0 Å². The molecule has 1 rings (SSSR count). The van der Waals surface area contributed by atoms with Gasteiger partial charge in [0, 0.05) is 26.1 Å². The highest BCUT2D eigenvalue weighted by Crippen LogP contribution is 2.02. The number of rotatable bonds is 3. The molecule has 0 aromatic heterocycles. The molecule has 2 N–H and O–H groups in total. The first kappa shape index (κ1) is 14.2. The van der Waals surface area contributed by atoms with Crippen LogP contribution in [0, 0.1) is 0 Å². The van der Waals surface area contributed by atoms with Crippen LogP contribution in [0.5, 0.6) is 0 Å². The fraction of sp³-hybridized carbons (Fsp3) is 0.714. The highest BCUT2D eigenvalue weighted by molar-refractivity contribution is 7.79. The molecule has 0 aromatic rings. The van der Waals surface area contributed by atoms with Crippen LogP contribution >= 0.6 is 0 Å². The Hall–Kier alpha value is -0.830. The van der Waals surface area contributed by atoms with Crippen LogP contribution in [0.1, 0.15) is 6.92 Å². The number of hydrogen-bond donors (Lipinski definition) is 2. The van der Waals surface area contributed by atoms with Gasteiger partial charge in [-0.3, -0.25) is 9.11 Å². The second kappa shape index (κ2) is 6.62. The molecule has 0 atom stereocenters. The van der Waals surface area contributed by atoms with E-state index in [1.807, 2.05) is 26.4 Å². The summed E-state index contributed by atoms with van der Waals surface area (Å²) in [6.45, 7) is 4.44. The van der Waals surface area contributed by atoms with Crippen molar-refractivity contribution in [2.75, 3.05) is 27.1 Å². The Kier molecular flexibility index (Phi) is 6.25.